The largest absolute Gasteiger partial charge is 0.435 e. The Hall–Kier alpha value is -1.20. The highest BCUT2D eigenvalue weighted by Crippen LogP contribution is 2.15. The van der Waals surface area contributed by atoms with Crippen molar-refractivity contribution in [1.82, 2.24) is 5.32 Å². The van der Waals surface area contributed by atoms with Gasteiger partial charge in [0.25, 0.3) is 0 Å². The zero-order valence-corrected chi connectivity index (χ0v) is 9.66. The number of alkyl halides is 2. The Balaban J connectivity index is 2.25. The fourth-order valence-electron chi connectivity index (χ4n) is 1.48. The molecule has 0 unspecified atom stereocenters. The highest BCUT2D eigenvalue weighted by atomic mass is 19.3. The average molecular weight is 244 g/mol. The van der Waals surface area contributed by atoms with E-state index in [9.17, 15) is 8.78 Å². The summed E-state index contributed by atoms with van der Waals surface area (Å²) >= 11 is 0. The van der Waals surface area contributed by atoms with Crippen LogP contribution in [0.2, 0.25) is 0 Å². The molecule has 5 heteroatoms. The van der Waals surface area contributed by atoms with Gasteiger partial charge in [0.05, 0.1) is 0 Å². The molecule has 0 aliphatic heterocycles. The Labute approximate surface area is 100.0 Å². The summed E-state index contributed by atoms with van der Waals surface area (Å²) in [5.74, 6) is 0.199. The van der Waals surface area contributed by atoms with Crippen LogP contribution in [0.15, 0.2) is 24.3 Å². The van der Waals surface area contributed by atoms with Crippen molar-refractivity contribution < 1.29 is 13.5 Å². The third kappa shape index (κ3) is 6.19. The minimum atomic E-state index is -2.76. The molecule has 0 spiro atoms. The first kappa shape index (κ1) is 13.9. The van der Waals surface area contributed by atoms with Gasteiger partial charge in [-0.2, -0.15) is 8.78 Å². The van der Waals surface area contributed by atoms with Crippen molar-refractivity contribution in [1.29, 1.82) is 0 Å². The normalized spacial score (nSPS) is 10.8. The predicted octanol–water partition coefficient (Wildman–Crippen LogP) is 1.77. The van der Waals surface area contributed by atoms with E-state index in [1.807, 2.05) is 0 Å². The van der Waals surface area contributed by atoms with Gasteiger partial charge in [-0.25, -0.2) is 0 Å². The SMILES string of the molecule is NCCNCCCc1ccc(OC(F)F)cc1. The van der Waals surface area contributed by atoms with E-state index in [1.54, 1.807) is 24.3 Å². The van der Waals surface area contributed by atoms with Crippen molar-refractivity contribution in [2.75, 3.05) is 19.6 Å². The van der Waals surface area contributed by atoms with Crippen LogP contribution in [-0.4, -0.2) is 26.2 Å². The fraction of sp³-hybridized carbons (Fsp3) is 0.500. The van der Waals surface area contributed by atoms with Crippen LogP contribution in [0.3, 0.4) is 0 Å². The summed E-state index contributed by atoms with van der Waals surface area (Å²) < 4.78 is 28.1. The fourth-order valence-corrected chi connectivity index (χ4v) is 1.48. The summed E-state index contributed by atoms with van der Waals surface area (Å²) in [4.78, 5) is 0. The van der Waals surface area contributed by atoms with E-state index in [0.717, 1.165) is 31.5 Å². The van der Waals surface area contributed by atoms with Gasteiger partial charge in [0.2, 0.25) is 0 Å². The number of hydrogen-bond acceptors (Lipinski definition) is 3. The molecule has 0 atom stereocenters. The second-order valence-electron chi connectivity index (χ2n) is 3.66. The molecule has 17 heavy (non-hydrogen) atoms. The lowest BCUT2D eigenvalue weighted by molar-refractivity contribution is -0.0498. The minimum Gasteiger partial charge on any atom is -0.435 e. The Morgan fingerprint density at radius 2 is 1.88 bits per heavy atom. The highest BCUT2D eigenvalue weighted by Gasteiger charge is 2.03. The Kier molecular flexibility index (Phi) is 6.50. The molecule has 1 aromatic rings. The van der Waals surface area contributed by atoms with E-state index in [0.29, 0.717) is 6.54 Å². The van der Waals surface area contributed by atoms with Gasteiger partial charge < -0.3 is 15.8 Å². The van der Waals surface area contributed by atoms with Crippen molar-refractivity contribution in [3.8, 4) is 5.75 Å². The summed E-state index contributed by atoms with van der Waals surface area (Å²) in [6.07, 6.45) is 1.90. The second-order valence-corrected chi connectivity index (χ2v) is 3.66. The zero-order chi connectivity index (χ0) is 12.5. The maximum Gasteiger partial charge on any atom is 0.387 e. The molecule has 0 aliphatic carbocycles. The maximum atomic E-state index is 11.9. The van der Waals surface area contributed by atoms with Crippen LogP contribution in [0.1, 0.15) is 12.0 Å². The number of halogens is 2. The summed E-state index contributed by atoms with van der Waals surface area (Å²) in [6.45, 7) is -0.394. The molecule has 3 N–H and O–H groups in total. The van der Waals surface area contributed by atoms with E-state index < -0.39 is 6.61 Å². The smallest absolute Gasteiger partial charge is 0.387 e. The molecule has 0 heterocycles. The van der Waals surface area contributed by atoms with Gasteiger partial charge in [-0.05, 0) is 37.1 Å². The average Bonchev–Trinajstić information content (AvgIpc) is 2.30. The molecule has 0 fully saturated rings. The number of aryl methyl sites for hydroxylation is 1. The minimum absolute atomic E-state index is 0.199. The van der Waals surface area contributed by atoms with E-state index in [-0.39, 0.29) is 5.75 Å². The van der Waals surface area contributed by atoms with Gasteiger partial charge in [-0.3, -0.25) is 0 Å². The summed E-state index contributed by atoms with van der Waals surface area (Å²) in [5.41, 5.74) is 6.45. The van der Waals surface area contributed by atoms with E-state index >= 15 is 0 Å². The number of rotatable bonds is 8. The number of nitrogens with two attached hydrogens (primary N) is 1. The molecule has 0 aliphatic rings. The lowest BCUT2D eigenvalue weighted by atomic mass is 10.1. The Morgan fingerprint density at radius 1 is 1.18 bits per heavy atom. The number of ether oxygens (including phenoxy) is 1. The summed E-state index contributed by atoms with van der Waals surface area (Å²) in [5, 5.41) is 3.19. The van der Waals surface area contributed by atoms with Crippen LogP contribution < -0.4 is 15.8 Å². The zero-order valence-electron chi connectivity index (χ0n) is 9.66. The van der Waals surface area contributed by atoms with Crippen LogP contribution in [0.4, 0.5) is 8.78 Å². The molecular formula is C12H18F2N2O. The van der Waals surface area contributed by atoms with E-state index in [4.69, 9.17) is 5.73 Å². The van der Waals surface area contributed by atoms with Crippen LogP contribution in [0.5, 0.6) is 5.75 Å². The second kappa shape index (κ2) is 7.97. The molecule has 0 aromatic heterocycles. The molecular weight excluding hydrogens is 226 g/mol. The van der Waals surface area contributed by atoms with E-state index in [1.165, 1.54) is 0 Å². The quantitative estimate of drug-likeness (QED) is 0.685. The van der Waals surface area contributed by atoms with Crippen molar-refractivity contribution in [3.05, 3.63) is 29.8 Å². The first-order valence-corrected chi connectivity index (χ1v) is 5.67. The van der Waals surface area contributed by atoms with E-state index in [2.05, 4.69) is 10.1 Å². The monoisotopic (exact) mass is 244 g/mol. The molecule has 0 amide bonds. The maximum absolute atomic E-state index is 11.9. The standard InChI is InChI=1S/C12H18F2N2O/c13-12(14)17-11-5-3-10(4-6-11)2-1-8-16-9-7-15/h3-6,12,16H,1-2,7-9,15H2. The van der Waals surface area contributed by atoms with Gasteiger partial charge >= 0.3 is 6.61 Å². The summed E-state index contributed by atoms with van der Waals surface area (Å²) in [7, 11) is 0. The molecule has 96 valence electrons. The number of hydrogen-bond donors (Lipinski definition) is 2. The van der Waals surface area contributed by atoms with Gasteiger partial charge in [0.1, 0.15) is 5.75 Å². The van der Waals surface area contributed by atoms with Crippen molar-refractivity contribution in [3.63, 3.8) is 0 Å². The molecule has 1 rings (SSSR count). The third-order valence-electron chi connectivity index (χ3n) is 2.29. The lowest BCUT2D eigenvalue weighted by Gasteiger charge is -2.06. The number of nitrogens with one attached hydrogen (secondary N) is 1. The van der Waals surface area contributed by atoms with Crippen molar-refractivity contribution in [2.45, 2.75) is 19.5 Å². The number of benzene rings is 1. The van der Waals surface area contributed by atoms with Crippen molar-refractivity contribution in [2.24, 2.45) is 5.73 Å². The lowest BCUT2D eigenvalue weighted by Crippen LogP contribution is -2.23. The van der Waals surface area contributed by atoms with Gasteiger partial charge in [-0.15, -0.1) is 0 Å². The predicted molar refractivity (Wildman–Crippen MR) is 63.3 cm³/mol. The topological polar surface area (TPSA) is 47.3 Å². The molecule has 3 nitrogen and oxygen atoms in total. The first-order chi connectivity index (χ1) is 8.22. The highest BCUT2D eigenvalue weighted by molar-refractivity contribution is 5.27. The summed E-state index contributed by atoms with van der Waals surface area (Å²) in [6, 6.07) is 6.74. The van der Waals surface area contributed by atoms with Gasteiger partial charge in [-0.1, -0.05) is 12.1 Å². The molecule has 0 bridgehead atoms. The first-order valence-electron chi connectivity index (χ1n) is 5.67. The van der Waals surface area contributed by atoms with Crippen LogP contribution in [0, 0.1) is 0 Å². The van der Waals surface area contributed by atoms with Crippen LogP contribution >= 0.6 is 0 Å². The van der Waals surface area contributed by atoms with Crippen LogP contribution in [0.25, 0.3) is 0 Å². The van der Waals surface area contributed by atoms with Crippen LogP contribution in [-0.2, 0) is 6.42 Å². The molecule has 0 saturated heterocycles. The molecule has 1 aromatic carbocycles. The molecule has 0 saturated carbocycles. The van der Waals surface area contributed by atoms with Crippen molar-refractivity contribution >= 4 is 0 Å². The Bertz CT molecular complexity index is 304. The van der Waals surface area contributed by atoms with Gasteiger partial charge in [0, 0.05) is 13.1 Å². The van der Waals surface area contributed by atoms with Gasteiger partial charge in [0.15, 0.2) is 0 Å². The molecule has 0 radical (unpaired) electrons. The third-order valence-corrected chi connectivity index (χ3v) is 2.29. The Morgan fingerprint density at radius 3 is 2.47 bits per heavy atom.